The Hall–Kier alpha value is -2.98. The maximum absolute atomic E-state index is 14.6. The Morgan fingerprint density at radius 3 is 2.17 bits per heavy atom. The number of hydrogen-bond acceptors (Lipinski definition) is 4. The van der Waals surface area contributed by atoms with E-state index >= 15 is 0 Å². The molecule has 2 atom stereocenters. The van der Waals surface area contributed by atoms with Crippen LogP contribution in [0.25, 0.3) is 0 Å². The van der Waals surface area contributed by atoms with Gasteiger partial charge in [-0.1, -0.05) is 49.4 Å². The van der Waals surface area contributed by atoms with Crippen LogP contribution in [0.3, 0.4) is 0 Å². The normalized spacial score (nSPS) is 13.2. The minimum atomic E-state index is -4.20. The number of carbonyl (C=O) groups excluding carboxylic acids is 2. The Bertz CT molecular complexity index is 1100. The van der Waals surface area contributed by atoms with E-state index in [4.69, 9.17) is 0 Å². The van der Waals surface area contributed by atoms with Gasteiger partial charge in [-0.2, -0.15) is 12.7 Å². The number of anilines is 1. The van der Waals surface area contributed by atoms with Gasteiger partial charge in [0.25, 0.3) is 0 Å². The molecular weight excluding hydrogens is 471 g/mol. The van der Waals surface area contributed by atoms with Crippen LogP contribution < -0.4 is 9.62 Å². The van der Waals surface area contributed by atoms with E-state index in [2.05, 4.69) is 5.32 Å². The molecule has 0 unspecified atom stereocenters. The first-order valence-electron chi connectivity index (χ1n) is 11.6. The standard InChI is InChI=1S/C25H35FN4O4S/c1-6-19(2)27-25(32)20(3)29(17-16-21-12-8-7-9-13-21)24(31)18-30(35(33,34)28(4)5)23-15-11-10-14-22(23)26/h7-15,19-20H,6,16-18H2,1-5H3,(H,27,32)/t19-,20-/m1/s1. The molecule has 0 aliphatic heterocycles. The lowest BCUT2D eigenvalue weighted by molar-refractivity contribution is -0.139. The number of halogens is 1. The zero-order valence-corrected chi connectivity index (χ0v) is 21.8. The fourth-order valence-corrected chi connectivity index (χ4v) is 4.46. The van der Waals surface area contributed by atoms with Gasteiger partial charge in [0.2, 0.25) is 11.8 Å². The molecular formula is C25H35FN4O4S. The van der Waals surface area contributed by atoms with Gasteiger partial charge in [0, 0.05) is 26.7 Å². The van der Waals surface area contributed by atoms with E-state index in [1.54, 1.807) is 6.92 Å². The van der Waals surface area contributed by atoms with E-state index in [0.29, 0.717) is 6.42 Å². The van der Waals surface area contributed by atoms with Crippen molar-refractivity contribution in [1.82, 2.24) is 14.5 Å². The fraction of sp³-hybridized carbons (Fsp3) is 0.440. The molecule has 0 fully saturated rings. The average molecular weight is 507 g/mol. The Kier molecular flexibility index (Phi) is 10.2. The first-order chi connectivity index (χ1) is 16.5. The molecule has 2 amide bonds. The van der Waals surface area contributed by atoms with Crippen LogP contribution >= 0.6 is 0 Å². The van der Waals surface area contributed by atoms with Gasteiger partial charge in [0.15, 0.2) is 0 Å². The number of hydrogen-bond donors (Lipinski definition) is 1. The lowest BCUT2D eigenvalue weighted by Gasteiger charge is -2.33. The highest BCUT2D eigenvalue weighted by atomic mass is 32.2. The largest absolute Gasteiger partial charge is 0.352 e. The van der Waals surface area contributed by atoms with Crippen LogP contribution in [0.4, 0.5) is 10.1 Å². The first kappa shape index (κ1) is 28.3. The highest BCUT2D eigenvalue weighted by molar-refractivity contribution is 7.90. The molecule has 192 valence electrons. The highest BCUT2D eigenvalue weighted by Crippen LogP contribution is 2.23. The third-order valence-corrected chi connectivity index (χ3v) is 7.60. The molecule has 0 aliphatic rings. The second-order valence-electron chi connectivity index (χ2n) is 8.56. The van der Waals surface area contributed by atoms with Gasteiger partial charge < -0.3 is 10.2 Å². The summed E-state index contributed by atoms with van der Waals surface area (Å²) in [6.45, 7) is 4.94. The summed E-state index contributed by atoms with van der Waals surface area (Å²) in [6.07, 6.45) is 1.19. The van der Waals surface area contributed by atoms with Crippen molar-refractivity contribution >= 4 is 27.7 Å². The third-order valence-electron chi connectivity index (χ3n) is 5.79. The number of benzene rings is 2. The first-order valence-corrected chi connectivity index (χ1v) is 13.0. The highest BCUT2D eigenvalue weighted by Gasteiger charge is 2.33. The van der Waals surface area contributed by atoms with Crippen LogP contribution in [-0.2, 0) is 26.2 Å². The predicted octanol–water partition coefficient (Wildman–Crippen LogP) is 2.81. The minimum absolute atomic E-state index is 0.0833. The summed E-state index contributed by atoms with van der Waals surface area (Å²) < 4.78 is 42.3. The zero-order chi connectivity index (χ0) is 26.2. The van der Waals surface area contributed by atoms with Gasteiger partial charge >= 0.3 is 10.2 Å². The number of para-hydroxylation sites is 1. The average Bonchev–Trinajstić information content (AvgIpc) is 2.83. The molecule has 0 aliphatic carbocycles. The van der Waals surface area contributed by atoms with E-state index in [1.165, 1.54) is 37.2 Å². The topological polar surface area (TPSA) is 90.0 Å². The molecule has 2 aromatic carbocycles. The number of amides is 2. The molecule has 2 rings (SSSR count). The van der Waals surface area contributed by atoms with E-state index in [1.807, 2.05) is 44.2 Å². The summed E-state index contributed by atoms with van der Waals surface area (Å²) in [4.78, 5) is 27.8. The molecule has 0 radical (unpaired) electrons. The Morgan fingerprint density at radius 1 is 1.00 bits per heavy atom. The molecule has 0 bridgehead atoms. The monoisotopic (exact) mass is 506 g/mol. The van der Waals surface area contributed by atoms with Crippen molar-refractivity contribution in [3.05, 3.63) is 66.0 Å². The van der Waals surface area contributed by atoms with E-state index in [0.717, 1.165) is 26.7 Å². The van der Waals surface area contributed by atoms with Crippen LogP contribution in [0, 0.1) is 5.82 Å². The maximum Gasteiger partial charge on any atom is 0.304 e. The lowest BCUT2D eigenvalue weighted by Crippen LogP contribution is -2.54. The molecule has 8 nitrogen and oxygen atoms in total. The summed E-state index contributed by atoms with van der Waals surface area (Å²) in [6, 6.07) is 13.9. The molecule has 1 N–H and O–H groups in total. The number of carbonyl (C=O) groups is 2. The molecule has 0 spiro atoms. The van der Waals surface area contributed by atoms with Crippen molar-refractivity contribution in [3.63, 3.8) is 0 Å². The van der Waals surface area contributed by atoms with Gasteiger partial charge in [-0.25, -0.2) is 8.70 Å². The second-order valence-corrected chi connectivity index (χ2v) is 10.6. The summed E-state index contributed by atoms with van der Waals surface area (Å²) in [5.74, 6) is -1.72. The molecule has 35 heavy (non-hydrogen) atoms. The van der Waals surface area contributed by atoms with Crippen LogP contribution in [0.2, 0.25) is 0 Å². The molecule has 0 saturated heterocycles. The van der Waals surface area contributed by atoms with Crippen LogP contribution in [0.1, 0.15) is 32.8 Å². The summed E-state index contributed by atoms with van der Waals surface area (Å²) in [5, 5.41) is 2.87. The van der Waals surface area contributed by atoms with Crippen LogP contribution in [0.15, 0.2) is 54.6 Å². The smallest absolute Gasteiger partial charge is 0.304 e. The molecule has 0 aromatic heterocycles. The van der Waals surface area contributed by atoms with E-state index < -0.39 is 34.5 Å². The van der Waals surface area contributed by atoms with Gasteiger partial charge in [0.1, 0.15) is 18.4 Å². The fourth-order valence-electron chi connectivity index (χ4n) is 3.39. The molecule has 0 saturated carbocycles. The summed E-state index contributed by atoms with van der Waals surface area (Å²) in [7, 11) is -1.58. The van der Waals surface area contributed by atoms with Crippen molar-refractivity contribution in [3.8, 4) is 0 Å². The van der Waals surface area contributed by atoms with E-state index in [9.17, 15) is 22.4 Å². The second kappa shape index (κ2) is 12.6. The zero-order valence-electron chi connectivity index (χ0n) is 20.9. The van der Waals surface area contributed by atoms with Crippen molar-refractivity contribution in [2.45, 2.75) is 45.7 Å². The van der Waals surface area contributed by atoms with Gasteiger partial charge in [-0.15, -0.1) is 0 Å². The van der Waals surface area contributed by atoms with Gasteiger partial charge in [0.05, 0.1) is 5.69 Å². The van der Waals surface area contributed by atoms with Crippen molar-refractivity contribution in [2.24, 2.45) is 0 Å². The van der Waals surface area contributed by atoms with Gasteiger partial charge in [-0.05, 0) is 44.4 Å². The van der Waals surface area contributed by atoms with Crippen molar-refractivity contribution < 1.29 is 22.4 Å². The third kappa shape index (κ3) is 7.50. The quantitative estimate of drug-likeness (QED) is 0.479. The number of rotatable bonds is 12. The maximum atomic E-state index is 14.6. The van der Waals surface area contributed by atoms with Crippen LogP contribution in [-0.4, -0.2) is 68.7 Å². The lowest BCUT2D eigenvalue weighted by atomic mass is 10.1. The Labute approximate surface area is 207 Å². The van der Waals surface area contributed by atoms with Gasteiger partial charge in [-0.3, -0.25) is 9.59 Å². The molecule has 10 heteroatoms. The number of nitrogens with zero attached hydrogens (tertiary/aromatic N) is 3. The number of nitrogens with one attached hydrogen (secondary N) is 1. The van der Waals surface area contributed by atoms with Crippen molar-refractivity contribution in [1.29, 1.82) is 0 Å². The summed E-state index contributed by atoms with van der Waals surface area (Å²) >= 11 is 0. The summed E-state index contributed by atoms with van der Waals surface area (Å²) in [5.41, 5.74) is 0.723. The predicted molar refractivity (Wildman–Crippen MR) is 136 cm³/mol. The Balaban J connectivity index is 2.39. The van der Waals surface area contributed by atoms with E-state index in [-0.39, 0.29) is 24.2 Å². The van der Waals surface area contributed by atoms with Crippen molar-refractivity contribution in [2.75, 3.05) is 31.5 Å². The minimum Gasteiger partial charge on any atom is -0.352 e. The SMILES string of the molecule is CC[C@@H](C)NC(=O)[C@@H](C)N(CCc1ccccc1)C(=O)CN(c1ccccc1F)S(=O)(=O)N(C)C. The Morgan fingerprint density at radius 2 is 1.60 bits per heavy atom. The van der Waals surface area contributed by atoms with Crippen LogP contribution in [0.5, 0.6) is 0 Å². The molecule has 2 aromatic rings. The molecule has 0 heterocycles.